The summed E-state index contributed by atoms with van der Waals surface area (Å²) in [5.41, 5.74) is 1.20. The van der Waals surface area contributed by atoms with Gasteiger partial charge in [0.1, 0.15) is 6.54 Å². The molecule has 1 unspecified atom stereocenters. The Morgan fingerprint density at radius 1 is 1.07 bits per heavy atom. The van der Waals surface area contributed by atoms with E-state index in [2.05, 4.69) is 0 Å². The van der Waals surface area contributed by atoms with Gasteiger partial charge < -0.3 is 4.90 Å². The highest BCUT2D eigenvalue weighted by atomic mass is 35.5. The highest BCUT2D eigenvalue weighted by Gasteiger charge is 2.47. The molecule has 2 aliphatic rings. The monoisotopic (exact) mass is 409 g/mol. The average molecular weight is 410 g/mol. The molecule has 2 aromatic rings. The van der Waals surface area contributed by atoms with Crippen LogP contribution in [0.3, 0.4) is 0 Å². The first-order chi connectivity index (χ1) is 13.3. The molecule has 0 bridgehead atoms. The molecule has 0 aliphatic carbocycles. The van der Waals surface area contributed by atoms with Gasteiger partial charge in [0.05, 0.1) is 29.2 Å². The molecule has 1 fully saturated rings. The minimum atomic E-state index is -4.59. The average Bonchev–Trinajstić information content (AvgIpc) is 2.95. The van der Waals surface area contributed by atoms with Gasteiger partial charge >= 0.3 is 6.18 Å². The van der Waals surface area contributed by atoms with Crippen molar-refractivity contribution in [1.82, 2.24) is 0 Å². The number of benzene rings is 2. The van der Waals surface area contributed by atoms with Gasteiger partial charge in [0, 0.05) is 12.0 Å². The smallest absolute Gasteiger partial charge is 0.320 e. The zero-order valence-corrected chi connectivity index (χ0v) is 15.5. The molecule has 1 N–H and O–H groups in total. The zero-order chi connectivity index (χ0) is 20.1. The Bertz CT molecular complexity index is 961. The van der Waals surface area contributed by atoms with Gasteiger partial charge in [-0.25, -0.2) is 4.90 Å². The van der Waals surface area contributed by atoms with Gasteiger partial charge in [0.15, 0.2) is 6.04 Å². The predicted octanol–water partition coefficient (Wildman–Crippen LogP) is 2.63. The Balaban J connectivity index is 1.62. The topological polar surface area (TPSA) is 41.8 Å². The minimum absolute atomic E-state index is 0.0388. The molecule has 0 radical (unpaired) electrons. The van der Waals surface area contributed by atoms with Crippen molar-refractivity contribution in [3.05, 3.63) is 64.2 Å². The van der Waals surface area contributed by atoms with Crippen molar-refractivity contribution < 1.29 is 27.7 Å². The summed E-state index contributed by atoms with van der Waals surface area (Å²) in [5.74, 6) is -1.02. The quantitative estimate of drug-likeness (QED) is 0.775. The third-order valence-corrected chi connectivity index (χ3v) is 5.72. The first-order valence-electron chi connectivity index (χ1n) is 8.90. The molecule has 146 valence electrons. The van der Waals surface area contributed by atoms with Crippen molar-refractivity contribution in [2.45, 2.75) is 31.6 Å². The Morgan fingerprint density at radius 3 is 2.50 bits per heavy atom. The Hall–Kier alpha value is -2.38. The standard InChI is InChI=1S/C20H16ClF3N2O2/c21-15-6-5-14(20(22,23)24)9-16(15)26-18(27)10-17(19(26)28)25-8-7-12-3-1-2-4-13(12)11-25/h1-6,9,17H,7-8,10-11H2/p+1/t17-/m0/s1. The lowest BCUT2D eigenvalue weighted by molar-refractivity contribution is -0.930. The molecule has 0 spiro atoms. The number of hydrogen-bond donors (Lipinski definition) is 1. The van der Waals surface area contributed by atoms with Crippen molar-refractivity contribution in [3.8, 4) is 0 Å². The van der Waals surface area contributed by atoms with Crippen LogP contribution in [0, 0.1) is 0 Å². The van der Waals surface area contributed by atoms with Crippen LogP contribution in [0.4, 0.5) is 18.9 Å². The van der Waals surface area contributed by atoms with Crippen LogP contribution >= 0.6 is 11.6 Å². The summed E-state index contributed by atoms with van der Waals surface area (Å²) in [6.07, 6.45) is -3.84. The number of amides is 2. The largest absolute Gasteiger partial charge is 0.416 e. The maximum absolute atomic E-state index is 13.1. The number of carbonyl (C=O) groups excluding carboxylic acids is 2. The van der Waals surface area contributed by atoms with Crippen LogP contribution in [0.2, 0.25) is 5.02 Å². The summed E-state index contributed by atoms with van der Waals surface area (Å²) in [7, 11) is 0. The van der Waals surface area contributed by atoms with Crippen molar-refractivity contribution in [2.24, 2.45) is 0 Å². The molecule has 0 saturated carbocycles. The molecule has 0 aromatic heterocycles. The van der Waals surface area contributed by atoms with Crippen LogP contribution in [0.1, 0.15) is 23.1 Å². The molecule has 2 aromatic carbocycles. The van der Waals surface area contributed by atoms with E-state index >= 15 is 0 Å². The molecule has 4 rings (SSSR count). The van der Waals surface area contributed by atoms with Gasteiger partial charge in [-0.15, -0.1) is 0 Å². The van der Waals surface area contributed by atoms with Crippen molar-refractivity contribution in [1.29, 1.82) is 0 Å². The molecular formula is C20H17ClF3N2O2+. The number of hydrogen-bond acceptors (Lipinski definition) is 2. The van der Waals surface area contributed by atoms with Gasteiger partial charge in [0.2, 0.25) is 5.91 Å². The van der Waals surface area contributed by atoms with Gasteiger partial charge in [-0.05, 0) is 23.8 Å². The number of rotatable bonds is 2. The third-order valence-electron chi connectivity index (χ3n) is 5.41. The maximum Gasteiger partial charge on any atom is 0.416 e. The van der Waals surface area contributed by atoms with Gasteiger partial charge in [-0.3, -0.25) is 9.59 Å². The van der Waals surface area contributed by atoms with E-state index in [0.717, 1.165) is 40.0 Å². The summed E-state index contributed by atoms with van der Waals surface area (Å²) in [6, 6.07) is 9.98. The SMILES string of the molecule is O=C1C[C@H]([NH+]2CCc3ccccc3C2)C(=O)N1c1cc(C(F)(F)F)ccc1Cl. The lowest BCUT2D eigenvalue weighted by Crippen LogP contribution is -3.16. The highest BCUT2D eigenvalue weighted by molar-refractivity contribution is 6.36. The van der Waals surface area contributed by atoms with Crippen molar-refractivity contribution in [3.63, 3.8) is 0 Å². The van der Waals surface area contributed by atoms with Crippen molar-refractivity contribution >= 4 is 29.1 Å². The lowest BCUT2D eigenvalue weighted by Gasteiger charge is -2.29. The van der Waals surface area contributed by atoms with E-state index < -0.39 is 29.6 Å². The fourth-order valence-corrected chi connectivity index (χ4v) is 4.17. The summed E-state index contributed by atoms with van der Waals surface area (Å²) >= 11 is 6.04. The van der Waals surface area contributed by atoms with E-state index in [-0.39, 0.29) is 17.1 Å². The summed E-state index contributed by atoms with van der Waals surface area (Å²) in [5, 5.41) is -0.0608. The Morgan fingerprint density at radius 2 is 1.79 bits per heavy atom. The number of carbonyl (C=O) groups is 2. The third kappa shape index (κ3) is 3.29. The number of anilines is 1. The molecule has 2 amide bonds. The second-order valence-electron chi connectivity index (χ2n) is 7.09. The van der Waals surface area contributed by atoms with E-state index in [4.69, 9.17) is 11.6 Å². The van der Waals surface area contributed by atoms with Crippen LogP contribution in [0.5, 0.6) is 0 Å². The van der Waals surface area contributed by atoms with Crippen LogP contribution in [0.25, 0.3) is 0 Å². The predicted molar refractivity (Wildman–Crippen MR) is 97.0 cm³/mol. The molecule has 4 nitrogen and oxygen atoms in total. The zero-order valence-electron chi connectivity index (χ0n) is 14.7. The molecular weight excluding hydrogens is 393 g/mol. The first kappa shape index (κ1) is 19.0. The number of nitrogens with zero attached hydrogens (tertiary/aromatic N) is 1. The second kappa shape index (κ2) is 6.90. The number of quaternary nitrogens is 1. The molecule has 8 heteroatoms. The van der Waals surface area contributed by atoms with Gasteiger partial charge in [0.25, 0.3) is 5.91 Å². The fourth-order valence-electron chi connectivity index (χ4n) is 3.96. The molecule has 1 saturated heterocycles. The normalized spacial score (nSPS) is 22.5. The first-order valence-corrected chi connectivity index (χ1v) is 9.28. The Kier molecular flexibility index (Phi) is 4.67. The minimum Gasteiger partial charge on any atom is -0.320 e. The second-order valence-corrected chi connectivity index (χ2v) is 7.50. The molecule has 28 heavy (non-hydrogen) atoms. The summed E-state index contributed by atoms with van der Waals surface area (Å²) in [6.45, 7) is 1.29. The number of fused-ring (bicyclic) bond motifs is 1. The number of alkyl halides is 3. The van der Waals surface area contributed by atoms with E-state index in [1.807, 2.05) is 24.3 Å². The van der Waals surface area contributed by atoms with E-state index in [0.29, 0.717) is 13.1 Å². The van der Waals surface area contributed by atoms with Crippen LogP contribution in [-0.2, 0) is 28.7 Å². The molecule has 2 atom stereocenters. The van der Waals surface area contributed by atoms with E-state index in [1.54, 1.807) is 0 Å². The Labute approximate surface area is 164 Å². The van der Waals surface area contributed by atoms with Gasteiger partial charge in [-0.2, -0.15) is 13.2 Å². The van der Waals surface area contributed by atoms with E-state index in [9.17, 15) is 22.8 Å². The summed E-state index contributed by atoms with van der Waals surface area (Å²) in [4.78, 5) is 27.3. The summed E-state index contributed by atoms with van der Waals surface area (Å²) < 4.78 is 39.2. The van der Waals surface area contributed by atoms with Crippen molar-refractivity contribution in [2.75, 3.05) is 11.4 Å². The van der Waals surface area contributed by atoms with E-state index in [1.165, 1.54) is 5.56 Å². The van der Waals surface area contributed by atoms with Crippen LogP contribution < -0.4 is 9.80 Å². The van der Waals surface area contributed by atoms with Crippen LogP contribution in [-0.4, -0.2) is 24.4 Å². The fraction of sp³-hybridized carbons (Fsp3) is 0.300. The maximum atomic E-state index is 13.1. The lowest BCUT2D eigenvalue weighted by atomic mass is 9.98. The van der Waals surface area contributed by atoms with Crippen LogP contribution in [0.15, 0.2) is 42.5 Å². The molecule has 2 aliphatic heterocycles. The highest BCUT2D eigenvalue weighted by Crippen LogP contribution is 2.37. The number of imide groups is 1. The number of halogens is 4. The molecule has 2 heterocycles. The number of nitrogens with one attached hydrogen (secondary N) is 1. The van der Waals surface area contributed by atoms with Gasteiger partial charge in [-0.1, -0.05) is 35.9 Å².